The van der Waals surface area contributed by atoms with Crippen LogP contribution in [0.4, 0.5) is 4.39 Å². The van der Waals surface area contributed by atoms with E-state index in [0.717, 1.165) is 0 Å². The molecule has 0 radical (unpaired) electrons. The third kappa shape index (κ3) is 2.70. The molecule has 2 rings (SSSR count). The Kier molecular flexibility index (Phi) is 4.14. The highest BCUT2D eigenvalue weighted by Crippen LogP contribution is 2.22. The predicted octanol–water partition coefficient (Wildman–Crippen LogP) is 2.05. The number of hydrogen-bond acceptors (Lipinski definition) is 3. The van der Waals surface area contributed by atoms with Gasteiger partial charge in [0.2, 0.25) is 0 Å². The topological polar surface area (TPSA) is 67.2 Å². The van der Waals surface area contributed by atoms with Gasteiger partial charge in [0.25, 0.3) is 0 Å². The van der Waals surface area contributed by atoms with Gasteiger partial charge in [-0.15, -0.1) is 0 Å². The molecule has 1 heterocycles. The number of carbonyl (C=O) groups is 1. The lowest BCUT2D eigenvalue weighted by molar-refractivity contribution is 0.0681. The SMILES string of the molecule is CNCc1cc(C(=O)O)n(C(C)c2ccccc2F)n1. The van der Waals surface area contributed by atoms with Gasteiger partial charge in [0.15, 0.2) is 0 Å². The second-order valence-corrected chi connectivity index (χ2v) is 4.50. The van der Waals surface area contributed by atoms with Crippen LogP contribution >= 0.6 is 0 Å². The van der Waals surface area contributed by atoms with E-state index in [9.17, 15) is 14.3 Å². The minimum atomic E-state index is -1.08. The van der Waals surface area contributed by atoms with Crippen LogP contribution < -0.4 is 5.32 Å². The lowest BCUT2D eigenvalue weighted by Crippen LogP contribution is -2.16. The molecule has 1 aromatic heterocycles. The molecule has 0 saturated heterocycles. The van der Waals surface area contributed by atoms with Crippen molar-refractivity contribution in [1.29, 1.82) is 0 Å². The molecule has 0 aliphatic rings. The van der Waals surface area contributed by atoms with Gasteiger partial charge in [-0.3, -0.25) is 4.68 Å². The first-order valence-electron chi connectivity index (χ1n) is 6.25. The molecule has 6 heteroatoms. The number of carboxylic acids is 1. The van der Waals surface area contributed by atoms with Crippen molar-refractivity contribution in [3.63, 3.8) is 0 Å². The van der Waals surface area contributed by atoms with Crippen molar-refractivity contribution in [3.05, 3.63) is 53.1 Å². The van der Waals surface area contributed by atoms with Crippen molar-refractivity contribution in [2.45, 2.75) is 19.5 Å². The third-order valence-corrected chi connectivity index (χ3v) is 3.09. The van der Waals surface area contributed by atoms with Crippen LogP contribution in [-0.4, -0.2) is 27.9 Å². The quantitative estimate of drug-likeness (QED) is 0.877. The van der Waals surface area contributed by atoms with E-state index in [-0.39, 0.29) is 11.5 Å². The molecule has 0 spiro atoms. The second-order valence-electron chi connectivity index (χ2n) is 4.50. The first-order chi connectivity index (χ1) is 9.54. The Morgan fingerprint density at radius 3 is 2.80 bits per heavy atom. The summed E-state index contributed by atoms with van der Waals surface area (Å²) in [5.74, 6) is -1.45. The number of nitrogens with one attached hydrogen (secondary N) is 1. The van der Waals surface area contributed by atoms with Crippen molar-refractivity contribution >= 4 is 5.97 Å². The molecule has 1 aromatic carbocycles. The average Bonchev–Trinajstić information content (AvgIpc) is 2.83. The lowest BCUT2D eigenvalue weighted by Gasteiger charge is -2.15. The Labute approximate surface area is 116 Å². The smallest absolute Gasteiger partial charge is 0.354 e. The molecule has 1 atom stereocenters. The molecule has 2 N–H and O–H groups in total. The largest absolute Gasteiger partial charge is 0.477 e. The van der Waals surface area contributed by atoms with Crippen LogP contribution in [0.15, 0.2) is 30.3 Å². The van der Waals surface area contributed by atoms with Crippen LogP contribution in [0.5, 0.6) is 0 Å². The van der Waals surface area contributed by atoms with E-state index in [1.165, 1.54) is 16.8 Å². The molecular formula is C14H16FN3O2. The van der Waals surface area contributed by atoms with Crippen molar-refractivity contribution in [1.82, 2.24) is 15.1 Å². The van der Waals surface area contributed by atoms with Gasteiger partial charge in [-0.2, -0.15) is 5.10 Å². The van der Waals surface area contributed by atoms with E-state index < -0.39 is 12.0 Å². The van der Waals surface area contributed by atoms with Crippen LogP contribution in [0.2, 0.25) is 0 Å². The van der Waals surface area contributed by atoms with Crippen LogP contribution in [0.25, 0.3) is 0 Å². The van der Waals surface area contributed by atoms with Crippen LogP contribution in [-0.2, 0) is 6.54 Å². The summed E-state index contributed by atoms with van der Waals surface area (Å²) in [5.41, 5.74) is 1.06. The van der Waals surface area contributed by atoms with E-state index in [1.807, 2.05) is 0 Å². The standard InChI is InChI=1S/C14H16FN3O2/c1-9(11-5-3-4-6-12(11)15)18-13(14(19)20)7-10(17-18)8-16-2/h3-7,9,16H,8H2,1-2H3,(H,19,20). The van der Waals surface area contributed by atoms with E-state index in [1.54, 1.807) is 32.2 Å². The van der Waals surface area contributed by atoms with Gasteiger partial charge < -0.3 is 10.4 Å². The molecule has 0 fully saturated rings. The van der Waals surface area contributed by atoms with Gasteiger partial charge in [-0.25, -0.2) is 9.18 Å². The van der Waals surface area contributed by atoms with Crippen LogP contribution in [0.3, 0.4) is 0 Å². The van der Waals surface area contributed by atoms with Gasteiger partial charge in [0.1, 0.15) is 11.5 Å². The maximum atomic E-state index is 13.8. The van der Waals surface area contributed by atoms with Crippen molar-refractivity contribution in [2.24, 2.45) is 0 Å². The fraction of sp³-hybridized carbons (Fsp3) is 0.286. The normalized spacial score (nSPS) is 12.3. The third-order valence-electron chi connectivity index (χ3n) is 3.09. The fourth-order valence-electron chi connectivity index (χ4n) is 2.11. The summed E-state index contributed by atoms with van der Waals surface area (Å²) in [6.07, 6.45) is 0. The number of carboxylic acid groups (broad SMARTS) is 1. The highest BCUT2D eigenvalue weighted by Gasteiger charge is 2.21. The van der Waals surface area contributed by atoms with Gasteiger partial charge in [0.05, 0.1) is 11.7 Å². The molecular weight excluding hydrogens is 261 g/mol. The molecule has 0 aliphatic carbocycles. The molecule has 2 aromatic rings. The summed E-state index contributed by atoms with van der Waals surface area (Å²) in [7, 11) is 1.75. The Bertz CT molecular complexity index is 625. The monoisotopic (exact) mass is 277 g/mol. The number of hydrogen-bond donors (Lipinski definition) is 2. The number of halogens is 1. The Morgan fingerprint density at radius 1 is 1.50 bits per heavy atom. The number of aromatic nitrogens is 2. The first-order valence-corrected chi connectivity index (χ1v) is 6.25. The molecule has 20 heavy (non-hydrogen) atoms. The fourth-order valence-corrected chi connectivity index (χ4v) is 2.11. The zero-order chi connectivity index (χ0) is 14.7. The number of rotatable bonds is 5. The molecule has 5 nitrogen and oxygen atoms in total. The maximum Gasteiger partial charge on any atom is 0.354 e. The molecule has 106 valence electrons. The Morgan fingerprint density at radius 2 is 2.20 bits per heavy atom. The van der Waals surface area contributed by atoms with Crippen LogP contribution in [0.1, 0.15) is 34.7 Å². The summed E-state index contributed by atoms with van der Waals surface area (Å²) in [4.78, 5) is 11.3. The van der Waals surface area contributed by atoms with Crippen molar-refractivity contribution in [2.75, 3.05) is 7.05 Å². The highest BCUT2D eigenvalue weighted by atomic mass is 19.1. The second kappa shape index (κ2) is 5.83. The highest BCUT2D eigenvalue weighted by molar-refractivity contribution is 5.85. The molecule has 0 aliphatic heterocycles. The van der Waals surface area contributed by atoms with Gasteiger partial charge >= 0.3 is 5.97 Å². The van der Waals surface area contributed by atoms with E-state index in [4.69, 9.17) is 0 Å². The molecule has 0 saturated carbocycles. The molecule has 0 bridgehead atoms. The van der Waals surface area contributed by atoms with Gasteiger partial charge in [-0.1, -0.05) is 18.2 Å². The average molecular weight is 277 g/mol. The minimum Gasteiger partial charge on any atom is -0.477 e. The number of nitrogens with zero attached hydrogens (tertiary/aromatic N) is 2. The van der Waals surface area contributed by atoms with E-state index in [0.29, 0.717) is 17.8 Å². The lowest BCUT2D eigenvalue weighted by atomic mass is 10.1. The minimum absolute atomic E-state index is 0.0472. The summed E-state index contributed by atoms with van der Waals surface area (Å²) in [6.45, 7) is 2.18. The van der Waals surface area contributed by atoms with Crippen molar-refractivity contribution in [3.8, 4) is 0 Å². The van der Waals surface area contributed by atoms with Gasteiger partial charge in [-0.05, 0) is 26.1 Å². The van der Waals surface area contributed by atoms with Gasteiger partial charge in [0, 0.05) is 12.1 Å². The molecule has 0 amide bonds. The van der Waals surface area contributed by atoms with Crippen LogP contribution in [0, 0.1) is 5.82 Å². The Balaban J connectivity index is 2.45. The summed E-state index contributed by atoms with van der Waals surface area (Å²) in [6, 6.07) is 7.30. The van der Waals surface area contributed by atoms with Crippen molar-refractivity contribution < 1.29 is 14.3 Å². The summed E-state index contributed by atoms with van der Waals surface area (Å²) in [5, 5.41) is 16.4. The Hall–Kier alpha value is -2.21. The number of benzene rings is 1. The maximum absolute atomic E-state index is 13.8. The van der Waals surface area contributed by atoms with E-state index in [2.05, 4.69) is 10.4 Å². The predicted molar refractivity (Wildman–Crippen MR) is 72.2 cm³/mol. The number of aromatic carboxylic acids is 1. The summed E-state index contributed by atoms with van der Waals surface area (Å²) >= 11 is 0. The first kappa shape index (κ1) is 14.2. The zero-order valence-corrected chi connectivity index (χ0v) is 11.3. The zero-order valence-electron chi connectivity index (χ0n) is 11.3. The van der Waals surface area contributed by atoms with E-state index >= 15 is 0 Å². The summed E-state index contributed by atoms with van der Waals surface area (Å²) < 4.78 is 15.2. The molecule has 1 unspecified atom stereocenters.